The van der Waals surface area contributed by atoms with E-state index in [9.17, 15) is 9.59 Å². The Bertz CT molecular complexity index is 1050. The van der Waals surface area contributed by atoms with Gasteiger partial charge >= 0.3 is 0 Å². The van der Waals surface area contributed by atoms with Crippen molar-refractivity contribution >= 4 is 28.4 Å². The number of fused-ring (bicyclic) bond motifs is 1. The maximum Gasteiger partial charge on any atom is 0.275 e. The van der Waals surface area contributed by atoms with Crippen molar-refractivity contribution in [3.05, 3.63) is 48.3 Å². The monoisotopic (exact) mass is 407 g/mol. The molecule has 1 aromatic carbocycles. The molecule has 1 aliphatic rings. The van der Waals surface area contributed by atoms with Gasteiger partial charge in [-0.05, 0) is 12.1 Å². The minimum absolute atomic E-state index is 0.00175. The van der Waals surface area contributed by atoms with E-state index in [1.54, 1.807) is 29.9 Å². The smallest absolute Gasteiger partial charge is 0.275 e. The largest absolute Gasteiger partial charge is 0.474 e. The number of likely N-dealkylation sites (tertiary alicyclic amines) is 1. The normalized spacial score (nSPS) is 14.7. The summed E-state index contributed by atoms with van der Waals surface area (Å²) >= 11 is 0. The number of rotatable bonds is 5. The molecule has 0 saturated carbocycles. The highest BCUT2D eigenvalue weighted by Gasteiger charge is 2.27. The summed E-state index contributed by atoms with van der Waals surface area (Å²) in [5.41, 5.74) is 2.10. The summed E-state index contributed by atoms with van der Waals surface area (Å²) in [4.78, 5) is 30.5. The first kappa shape index (κ1) is 19.9. The van der Waals surface area contributed by atoms with Gasteiger partial charge in [0, 0.05) is 50.9 Å². The molecule has 0 aliphatic carbocycles. The van der Waals surface area contributed by atoms with Gasteiger partial charge in [0.15, 0.2) is 5.69 Å². The average Bonchev–Trinajstić information content (AvgIpc) is 3.12. The lowest BCUT2D eigenvalue weighted by Gasteiger charge is -2.31. The van der Waals surface area contributed by atoms with Crippen molar-refractivity contribution in [1.82, 2.24) is 19.7 Å². The molecule has 4 rings (SSSR count). The van der Waals surface area contributed by atoms with Crippen molar-refractivity contribution in [2.45, 2.75) is 32.3 Å². The molecular weight excluding hydrogens is 382 g/mol. The molecule has 0 atom stereocenters. The molecule has 30 heavy (non-hydrogen) atoms. The fourth-order valence-corrected chi connectivity index (χ4v) is 3.64. The van der Waals surface area contributed by atoms with E-state index in [4.69, 9.17) is 4.74 Å². The van der Waals surface area contributed by atoms with E-state index in [1.807, 2.05) is 36.2 Å². The molecule has 0 bridgehead atoms. The molecule has 3 heterocycles. The van der Waals surface area contributed by atoms with Gasteiger partial charge in [-0.1, -0.05) is 25.1 Å². The van der Waals surface area contributed by atoms with Crippen LogP contribution in [0.3, 0.4) is 0 Å². The number of hydrogen-bond acceptors (Lipinski definition) is 5. The van der Waals surface area contributed by atoms with Crippen LogP contribution in [-0.4, -0.2) is 50.7 Å². The van der Waals surface area contributed by atoms with Gasteiger partial charge in [0.2, 0.25) is 11.8 Å². The molecule has 0 spiro atoms. The number of pyridine rings is 1. The molecule has 1 fully saturated rings. The van der Waals surface area contributed by atoms with Crippen LogP contribution in [0.4, 0.5) is 5.69 Å². The fraction of sp³-hybridized carbons (Fsp3) is 0.364. The van der Waals surface area contributed by atoms with Gasteiger partial charge in [0.25, 0.3) is 5.91 Å². The molecule has 0 radical (unpaired) electrons. The van der Waals surface area contributed by atoms with Crippen molar-refractivity contribution in [1.29, 1.82) is 0 Å². The molecule has 1 aliphatic heterocycles. The van der Waals surface area contributed by atoms with E-state index in [-0.39, 0.29) is 17.9 Å². The molecule has 2 aromatic heterocycles. The number of anilines is 1. The number of nitrogens with zero attached hydrogens (tertiary/aromatic N) is 4. The Morgan fingerprint density at radius 2 is 1.93 bits per heavy atom. The first-order valence-electron chi connectivity index (χ1n) is 10.2. The van der Waals surface area contributed by atoms with Gasteiger partial charge < -0.3 is 15.0 Å². The molecule has 1 saturated heterocycles. The van der Waals surface area contributed by atoms with Crippen molar-refractivity contribution in [2.75, 3.05) is 18.4 Å². The number of nitrogens with one attached hydrogen (secondary N) is 1. The molecule has 1 N–H and O–H groups in total. The van der Waals surface area contributed by atoms with Crippen molar-refractivity contribution in [3.63, 3.8) is 0 Å². The number of hydrogen-bond donors (Lipinski definition) is 1. The first-order valence-corrected chi connectivity index (χ1v) is 10.2. The number of carbonyl (C=O) groups excluding carboxylic acids is 2. The van der Waals surface area contributed by atoms with Crippen LogP contribution in [-0.2, 0) is 11.8 Å². The van der Waals surface area contributed by atoms with Crippen molar-refractivity contribution < 1.29 is 14.3 Å². The summed E-state index contributed by atoms with van der Waals surface area (Å²) in [6.45, 7) is 3.02. The highest BCUT2D eigenvalue weighted by atomic mass is 16.5. The molecule has 156 valence electrons. The van der Waals surface area contributed by atoms with E-state index in [0.717, 1.165) is 23.7 Å². The summed E-state index contributed by atoms with van der Waals surface area (Å²) in [5.74, 6) is 0.424. The summed E-state index contributed by atoms with van der Waals surface area (Å²) in [6, 6.07) is 11.3. The molecule has 3 aromatic rings. The number of piperidine rings is 1. The van der Waals surface area contributed by atoms with Crippen LogP contribution < -0.4 is 10.1 Å². The minimum atomic E-state index is -0.0526. The topological polar surface area (TPSA) is 89.4 Å². The zero-order valence-electron chi connectivity index (χ0n) is 17.2. The highest BCUT2D eigenvalue weighted by Crippen LogP contribution is 2.23. The van der Waals surface area contributed by atoms with Gasteiger partial charge in [-0.3, -0.25) is 14.3 Å². The third-order valence-corrected chi connectivity index (χ3v) is 5.32. The maximum atomic E-state index is 13.0. The van der Waals surface area contributed by atoms with Crippen LogP contribution in [0.5, 0.6) is 5.88 Å². The SMILES string of the molecule is CCC(=O)Nc1ccc(OC2CCN(C(=O)c3nn(C)c4ccccc34)CC2)nc1. The molecule has 2 amide bonds. The number of amides is 2. The van der Waals surface area contributed by atoms with Crippen molar-refractivity contribution in [2.24, 2.45) is 7.05 Å². The zero-order chi connectivity index (χ0) is 21.1. The number of ether oxygens (including phenoxy) is 1. The summed E-state index contributed by atoms with van der Waals surface area (Å²) in [7, 11) is 1.85. The Kier molecular flexibility index (Phi) is 5.65. The second kappa shape index (κ2) is 8.52. The van der Waals surface area contributed by atoms with Gasteiger partial charge in [0.1, 0.15) is 6.10 Å². The molecule has 8 heteroatoms. The van der Waals surface area contributed by atoms with Crippen LogP contribution >= 0.6 is 0 Å². The van der Waals surface area contributed by atoms with E-state index in [0.29, 0.717) is 36.8 Å². The lowest BCUT2D eigenvalue weighted by molar-refractivity contribution is -0.115. The van der Waals surface area contributed by atoms with Gasteiger partial charge in [0.05, 0.1) is 17.4 Å². The third kappa shape index (κ3) is 4.12. The standard InChI is InChI=1S/C22H25N5O3/c1-3-19(28)24-15-8-9-20(23-14-15)30-16-10-12-27(13-11-16)22(29)21-17-6-4-5-7-18(17)26(2)25-21/h4-9,14,16H,3,10-13H2,1-2H3,(H,24,28). The predicted molar refractivity (Wildman–Crippen MR) is 113 cm³/mol. The lowest BCUT2D eigenvalue weighted by Crippen LogP contribution is -2.42. The summed E-state index contributed by atoms with van der Waals surface area (Å²) < 4.78 is 7.71. The second-order valence-electron chi connectivity index (χ2n) is 7.39. The van der Waals surface area contributed by atoms with E-state index in [2.05, 4.69) is 15.4 Å². The predicted octanol–water partition coefficient (Wildman–Crippen LogP) is 3.00. The summed E-state index contributed by atoms with van der Waals surface area (Å²) in [5, 5.41) is 8.08. The Labute approximate surface area is 174 Å². The fourth-order valence-electron chi connectivity index (χ4n) is 3.64. The van der Waals surface area contributed by atoms with Crippen LogP contribution in [0.15, 0.2) is 42.6 Å². The number of aromatic nitrogens is 3. The number of para-hydroxylation sites is 1. The highest BCUT2D eigenvalue weighted by molar-refractivity contribution is 6.04. The van der Waals surface area contributed by atoms with Crippen LogP contribution in [0.2, 0.25) is 0 Å². The van der Waals surface area contributed by atoms with Crippen LogP contribution in [0.1, 0.15) is 36.7 Å². The Balaban J connectivity index is 1.34. The number of carbonyl (C=O) groups is 2. The summed E-state index contributed by atoms with van der Waals surface area (Å²) in [6.07, 6.45) is 3.47. The Hall–Kier alpha value is -3.42. The van der Waals surface area contributed by atoms with E-state index >= 15 is 0 Å². The minimum Gasteiger partial charge on any atom is -0.474 e. The van der Waals surface area contributed by atoms with Gasteiger partial charge in [-0.2, -0.15) is 5.10 Å². The average molecular weight is 407 g/mol. The van der Waals surface area contributed by atoms with Crippen LogP contribution in [0.25, 0.3) is 10.9 Å². The van der Waals surface area contributed by atoms with Gasteiger partial charge in [-0.15, -0.1) is 0 Å². The van der Waals surface area contributed by atoms with Crippen molar-refractivity contribution in [3.8, 4) is 5.88 Å². The van der Waals surface area contributed by atoms with Crippen LogP contribution in [0, 0.1) is 0 Å². The molecule has 0 unspecified atom stereocenters. The third-order valence-electron chi connectivity index (χ3n) is 5.32. The molecular formula is C22H25N5O3. The molecule has 8 nitrogen and oxygen atoms in total. The van der Waals surface area contributed by atoms with E-state index in [1.165, 1.54) is 0 Å². The Morgan fingerprint density at radius 3 is 2.63 bits per heavy atom. The number of benzene rings is 1. The first-order chi connectivity index (χ1) is 14.5. The zero-order valence-corrected chi connectivity index (χ0v) is 17.2. The van der Waals surface area contributed by atoms with E-state index < -0.39 is 0 Å². The quantitative estimate of drug-likeness (QED) is 0.702. The maximum absolute atomic E-state index is 13.0. The number of aryl methyl sites for hydroxylation is 1. The lowest BCUT2D eigenvalue weighted by atomic mass is 10.1. The Morgan fingerprint density at radius 1 is 1.17 bits per heavy atom. The van der Waals surface area contributed by atoms with Gasteiger partial charge in [-0.25, -0.2) is 4.98 Å². The second-order valence-corrected chi connectivity index (χ2v) is 7.39.